The summed E-state index contributed by atoms with van der Waals surface area (Å²) in [7, 11) is 0. The van der Waals surface area contributed by atoms with Gasteiger partial charge in [-0.25, -0.2) is 0 Å². The second kappa shape index (κ2) is 5.80. The van der Waals surface area contributed by atoms with E-state index in [2.05, 4.69) is 0 Å². The van der Waals surface area contributed by atoms with Gasteiger partial charge in [0.1, 0.15) is 0 Å². The predicted octanol–water partition coefficient (Wildman–Crippen LogP) is 2.52. The van der Waals surface area contributed by atoms with Crippen LogP contribution in [-0.4, -0.2) is 29.7 Å². The van der Waals surface area contributed by atoms with Crippen LogP contribution in [0, 0.1) is 5.92 Å². The van der Waals surface area contributed by atoms with Gasteiger partial charge in [0, 0.05) is 31.0 Å². The lowest BCUT2D eigenvalue weighted by atomic mass is 9.98. The van der Waals surface area contributed by atoms with Crippen LogP contribution in [0.4, 0.5) is 0 Å². The van der Waals surface area contributed by atoms with Crippen LogP contribution in [0.2, 0.25) is 0 Å². The lowest BCUT2D eigenvalue weighted by Crippen LogP contribution is -2.41. The maximum Gasteiger partial charge on any atom is 0.225 e. The molecule has 96 valence electrons. The molecule has 1 aromatic rings. The SMILES string of the molecule is CC1CCCN(CCC(=O)c2ccccc2)C1=O. The highest BCUT2D eigenvalue weighted by atomic mass is 16.2. The Morgan fingerprint density at radius 3 is 2.78 bits per heavy atom. The topological polar surface area (TPSA) is 37.4 Å². The maximum absolute atomic E-state index is 11.9. The molecule has 1 aliphatic heterocycles. The molecule has 2 rings (SSSR count). The smallest absolute Gasteiger partial charge is 0.225 e. The first-order valence-electron chi connectivity index (χ1n) is 6.55. The van der Waals surface area contributed by atoms with E-state index < -0.39 is 0 Å². The number of amides is 1. The second-order valence-corrected chi connectivity index (χ2v) is 4.91. The van der Waals surface area contributed by atoms with Crippen molar-refractivity contribution in [3.63, 3.8) is 0 Å². The van der Waals surface area contributed by atoms with E-state index in [0.717, 1.165) is 24.9 Å². The molecule has 1 fully saturated rings. The quantitative estimate of drug-likeness (QED) is 0.764. The summed E-state index contributed by atoms with van der Waals surface area (Å²) in [4.78, 5) is 25.7. The first-order valence-corrected chi connectivity index (χ1v) is 6.55. The Balaban J connectivity index is 1.88. The minimum Gasteiger partial charge on any atom is -0.342 e. The third-order valence-corrected chi connectivity index (χ3v) is 3.50. The van der Waals surface area contributed by atoms with E-state index >= 15 is 0 Å². The molecule has 1 heterocycles. The van der Waals surface area contributed by atoms with Gasteiger partial charge >= 0.3 is 0 Å². The first-order chi connectivity index (χ1) is 8.68. The number of carbonyl (C=O) groups is 2. The van der Waals surface area contributed by atoms with Gasteiger partial charge < -0.3 is 4.90 Å². The standard InChI is InChI=1S/C15H19NO2/c1-12-6-5-10-16(15(12)18)11-9-14(17)13-7-3-2-4-8-13/h2-4,7-8,12H,5-6,9-11H2,1H3. The van der Waals surface area contributed by atoms with Gasteiger partial charge in [0.05, 0.1) is 0 Å². The van der Waals surface area contributed by atoms with Crippen molar-refractivity contribution in [1.82, 2.24) is 4.90 Å². The number of rotatable bonds is 4. The largest absolute Gasteiger partial charge is 0.342 e. The average Bonchev–Trinajstić information content (AvgIpc) is 2.41. The molecule has 1 aromatic carbocycles. The molecule has 1 saturated heterocycles. The van der Waals surface area contributed by atoms with Crippen LogP contribution in [0.1, 0.15) is 36.5 Å². The predicted molar refractivity (Wildman–Crippen MR) is 70.4 cm³/mol. The van der Waals surface area contributed by atoms with E-state index in [1.165, 1.54) is 0 Å². The Bertz CT molecular complexity index is 427. The number of piperidine rings is 1. The Hall–Kier alpha value is -1.64. The lowest BCUT2D eigenvalue weighted by molar-refractivity contribution is -0.137. The molecule has 0 aliphatic carbocycles. The number of benzene rings is 1. The summed E-state index contributed by atoms with van der Waals surface area (Å²) in [5.74, 6) is 0.425. The molecule has 0 spiro atoms. The Kier molecular flexibility index (Phi) is 4.13. The molecular weight excluding hydrogens is 226 g/mol. The summed E-state index contributed by atoms with van der Waals surface area (Å²) in [6, 6.07) is 9.27. The van der Waals surface area contributed by atoms with Gasteiger partial charge in [-0.3, -0.25) is 9.59 Å². The maximum atomic E-state index is 11.9. The van der Waals surface area contributed by atoms with Gasteiger partial charge in [-0.15, -0.1) is 0 Å². The molecule has 18 heavy (non-hydrogen) atoms. The van der Waals surface area contributed by atoms with Crippen molar-refractivity contribution in [2.75, 3.05) is 13.1 Å². The van der Waals surface area contributed by atoms with Crippen molar-refractivity contribution in [2.45, 2.75) is 26.2 Å². The zero-order valence-electron chi connectivity index (χ0n) is 10.8. The molecule has 1 amide bonds. The summed E-state index contributed by atoms with van der Waals surface area (Å²) >= 11 is 0. The summed E-state index contributed by atoms with van der Waals surface area (Å²) in [5.41, 5.74) is 0.731. The Morgan fingerprint density at radius 1 is 1.33 bits per heavy atom. The molecule has 3 heteroatoms. The van der Waals surface area contributed by atoms with Crippen LogP contribution in [0.25, 0.3) is 0 Å². The number of carbonyl (C=O) groups excluding carboxylic acids is 2. The normalized spacial score (nSPS) is 19.9. The van der Waals surface area contributed by atoms with Crippen molar-refractivity contribution in [3.05, 3.63) is 35.9 Å². The van der Waals surface area contributed by atoms with Gasteiger partial charge in [-0.2, -0.15) is 0 Å². The van der Waals surface area contributed by atoms with Gasteiger partial charge in [0.2, 0.25) is 5.91 Å². The first kappa shape index (κ1) is 12.8. The van der Waals surface area contributed by atoms with Crippen LogP contribution in [0.3, 0.4) is 0 Å². The Morgan fingerprint density at radius 2 is 2.06 bits per heavy atom. The average molecular weight is 245 g/mol. The molecular formula is C15H19NO2. The molecule has 0 saturated carbocycles. The van der Waals surface area contributed by atoms with E-state index in [1.807, 2.05) is 42.2 Å². The minimum atomic E-state index is 0.113. The second-order valence-electron chi connectivity index (χ2n) is 4.91. The summed E-state index contributed by atoms with van der Waals surface area (Å²) < 4.78 is 0. The zero-order chi connectivity index (χ0) is 13.0. The highest BCUT2D eigenvalue weighted by Gasteiger charge is 2.25. The minimum absolute atomic E-state index is 0.113. The fraction of sp³-hybridized carbons (Fsp3) is 0.467. The van der Waals surface area contributed by atoms with Crippen molar-refractivity contribution in [3.8, 4) is 0 Å². The van der Waals surface area contributed by atoms with Crippen LogP contribution < -0.4 is 0 Å². The van der Waals surface area contributed by atoms with Crippen LogP contribution in [-0.2, 0) is 4.79 Å². The van der Waals surface area contributed by atoms with Crippen molar-refractivity contribution in [1.29, 1.82) is 0 Å². The molecule has 1 atom stereocenters. The highest BCUT2D eigenvalue weighted by molar-refractivity contribution is 5.96. The van der Waals surface area contributed by atoms with E-state index in [1.54, 1.807) is 0 Å². The number of likely N-dealkylation sites (tertiary alicyclic amines) is 1. The third-order valence-electron chi connectivity index (χ3n) is 3.50. The fourth-order valence-electron chi connectivity index (χ4n) is 2.36. The molecule has 1 aliphatic rings. The van der Waals surface area contributed by atoms with Gasteiger partial charge in [0.25, 0.3) is 0 Å². The van der Waals surface area contributed by atoms with E-state index in [-0.39, 0.29) is 17.6 Å². The lowest BCUT2D eigenvalue weighted by Gasteiger charge is -2.30. The van der Waals surface area contributed by atoms with Crippen LogP contribution in [0.15, 0.2) is 30.3 Å². The van der Waals surface area contributed by atoms with E-state index in [9.17, 15) is 9.59 Å². The van der Waals surface area contributed by atoms with Crippen molar-refractivity contribution in [2.24, 2.45) is 5.92 Å². The molecule has 0 radical (unpaired) electrons. The highest BCUT2D eigenvalue weighted by Crippen LogP contribution is 2.17. The molecule has 1 unspecified atom stereocenters. The zero-order valence-corrected chi connectivity index (χ0v) is 10.8. The third kappa shape index (κ3) is 2.97. The molecule has 0 bridgehead atoms. The van der Waals surface area contributed by atoms with Crippen molar-refractivity contribution >= 4 is 11.7 Å². The van der Waals surface area contributed by atoms with E-state index in [0.29, 0.717) is 13.0 Å². The monoisotopic (exact) mass is 245 g/mol. The fourth-order valence-corrected chi connectivity index (χ4v) is 2.36. The molecule has 3 nitrogen and oxygen atoms in total. The van der Waals surface area contributed by atoms with E-state index in [4.69, 9.17) is 0 Å². The van der Waals surface area contributed by atoms with Gasteiger partial charge in [-0.05, 0) is 12.8 Å². The number of nitrogens with zero attached hydrogens (tertiary/aromatic N) is 1. The van der Waals surface area contributed by atoms with Crippen LogP contribution >= 0.6 is 0 Å². The van der Waals surface area contributed by atoms with Crippen molar-refractivity contribution < 1.29 is 9.59 Å². The summed E-state index contributed by atoms with van der Waals surface area (Å²) in [6.07, 6.45) is 2.44. The summed E-state index contributed by atoms with van der Waals surface area (Å²) in [5, 5.41) is 0. The Labute approximate surface area is 108 Å². The number of ketones is 1. The molecule has 0 aromatic heterocycles. The van der Waals surface area contributed by atoms with Gasteiger partial charge in [-0.1, -0.05) is 37.3 Å². The molecule has 0 N–H and O–H groups in total. The number of hydrogen-bond acceptors (Lipinski definition) is 2. The number of Topliss-reactive ketones (excluding diaryl/α,β-unsaturated/α-hetero) is 1. The summed E-state index contributed by atoms with van der Waals surface area (Å²) in [6.45, 7) is 3.32. The van der Waals surface area contributed by atoms with Gasteiger partial charge in [0.15, 0.2) is 5.78 Å². The number of hydrogen-bond donors (Lipinski definition) is 0. The van der Waals surface area contributed by atoms with Crippen LogP contribution in [0.5, 0.6) is 0 Å².